The van der Waals surface area contributed by atoms with Crippen LogP contribution < -0.4 is 10.2 Å². The molecule has 2 aliphatic heterocycles. The number of rotatable bonds is 5. The summed E-state index contributed by atoms with van der Waals surface area (Å²) >= 11 is 0. The van der Waals surface area contributed by atoms with Crippen LogP contribution in [-0.2, 0) is 16.1 Å². The molecule has 1 unspecified atom stereocenters. The molecule has 30 heavy (non-hydrogen) atoms. The molecule has 2 N–H and O–H groups in total. The third-order valence-corrected chi connectivity index (χ3v) is 6.22. The Morgan fingerprint density at radius 3 is 2.60 bits per heavy atom. The van der Waals surface area contributed by atoms with Crippen molar-refractivity contribution in [2.45, 2.75) is 37.9 Å². The van der Waals surface area contributed by atoms with E-state index in [1.54, 1.807) is 0 Å². The zero-order valence-corrected chi connectivity index (χ0v) is 16.9. The van der Waals surface area contributed by atoms with Gasteiger partial charge in [0.05, 0.1) is 18.2 Å². The summed E-state index contributed by atoms with van der Waals surface area (Å²) in [6.07, 6.45) is 4.06. The van der Waals surface area contributed by atoms with Gasteiger partial charge in [0.15, 0.2) is 0 Å². The Morgan fingerprint density at radius 2 is 1.80 bits per heavy atom. The topological polar surface area (TPSA) is 68.4 Å². The zero-order chi connectivity index (χ0) is 20.5. The van der Waals surface area contributed by atoms with Gasteiger partial charge < -0.3 is 10.3 Å². The number of carbonyl (C=O) groups excluding carboxylic acids is 2. The molecule has 1 aromatic heterocycles. The molecule has 2 amide bonds. The number of hydrogen-bond donors (Lipinski definition) is 2. The van der Waals surface area contributed by atoms with E-state index in [0.29, 0.717) is 5.69 Å². The third-order valence-electron chi connectivity index (χ3n) is 6.22. The molecule has 6 nitrogen and oxygen atoms in total. The summed E-state index contributed by atoms with van der Waals surface area (Å²) in [5, 5.41) is 4.53. The van der Waals surface area contributed by atoms with E-state index in [-0.39, 0.29) is 24.3 Å². The summed E-state index contributed by atoms with van der Waals surface area (Å²) in [6.45, 7) is 2.95. The second kappa shape index (κ2) is 8.05. The van der Waals surface area contributed by atoms with E-state index in [2.05, 4.69) is 39.5 Å². The van der Waals surface area contributed by atoms with Crippen LogP contribution in [-0.4, -0.2) is 46.9 Å². The molecule has 3 aromatic rings. The largest absolute Gasteiger partial charge is 0.361 e. The van der Waals surface area contributed by atoms with Gasteiger partial charge >= 0.3 is 0 Å². The fourth-order valence-corrected chi connectivity index (χ4v) is 4.59. The Labute approximate surface area is 175 Å². The Hall–Kier alpha value is -2.96. The third kappa shape index (κ3) is 3.76. The van der Waals surface area contributed by atoms with Crippen LogP contribution in [0.3, 0.4) is 0 Å². The molecule has 0 spiro atoms. The van der Waals surface area contributed by atoms with Gasteiger partial charge in [0.1, 0.15) is 0 Å². The van der Waals surface area contributed by atoms with E-state index in [4.69, 9.17) is 0 Å². The maximum atomic E-state index is 13.0. The van der Waals surface area contributed by atoms with Crippen molar-refractivity contribution >= 4 is 28.4 Å². The fraction of sp³-hybridized carbons (Fsp3) is 0.333. The van der Waals surface area contributed by atoms with E-state index in [1.165, 1.54) is 10.5 Å². The van der Waals surface area contributed by atoms with Gasteiger partial charge in [-0.2, -0.15) is 0 Å². The summed E-state index contributed by atoms with van der Waals surface area (Å²) < 4.78 is 0. The van der Waals surface area contributed by atoms with Gasteiger partial charge in [-0.25, -0.2) is 4.90 Å². The van der Waals surface area contributed by atoms with E-state index in [9.17, 15) is 9.59 Å². The van der Waals surface area contributed by atoms with E-state index in [0.717, 1.165) is 43.4 Å². The van der Waals surface area contributed by atoms with Crippen molar-refractivity contribution in [2.24, 2.45) is 0 Å². The van der Waals surface area contributed by atoms with Crippen LogP contribution in [0.2, 0.25) is 0 Å². The summed E-state index contributed by atoms with van der Waals surface area (Å²) in [5.41, 5.74) is 2.90. The lowest BCUT2D eigenvalue weighted by Crippen LogP contribution is -2.48. The number of anilines is 1. The van der Waals surface area contributed by atoms with Crippen LogP contribution in [0.25, 0.3) is 10.9 Å². The molecule has 0 aliphatic carbocycles. The minimum atomic E-state index is -0.428. The molecule has 0 saturated carbocycles. The number of carbonyl (C=O) groups is 2. The summed E-state index contributed by atoms with van der Waals surface area (Å²) in [5.74, 6) is -0.275. The number of benzene rings is 2. The molecule has 6 heteroatoms. The van der Waals surface area contributed by atoms with Crippen molar-refractivity contribution in [3.05, 3.63) is 66.4 Å². The lowest BCUT2D eigenvalue weighted by Gasteiger charge is -2.33. The number of hydrogen-bond acceptors (Lipinski definition) is 4. The first-order valence-electron chi connectivity index (χ1n) is 10.6. The Balaban J connectivity index is 1.19. The first kappa shape index (κ1) is 19.0. The van der Waals surface area contributed by atoms with Gasteiger partial charge in [0.25, 0.3) is 5.91 Å². The van der Waals surface area contributed by atoms with Crippen molar-refractivity contribution < 1.29 is 9.59 Å². The SMILES string of the molecule is O=C1CC(NC2CCN(Cc3ccccc3)CC2)C(=O)N1c1ccc2cc[nH]c2c1. The summed E-state index contributed by atoms with van der Waals surface area (Å²) in [7, 11) is 0. The molecular formula is C24H26N4O2. The lowest BCUT2D eigenvalue weighted by molar-refractivity contribution is -0.121. The average Bonchev–Trinajstić information content (AvgIpc) is 3.33. The number of nitrogens with one attached hydrogen (secondary N) is 2. The lowest BCUT2D eigenvalue weighted by atomic mass is 10.0. The van der Waals surface area contributed by atoms with Gasteiger partial charge in [-0.1, -0.05) is 36.4 Å². The smallest absolute Gasteiger partial charge is 0.251 e. The van der Waals surface area contributed by atoms with Crippen LogP contribution in [0.5, 0.6) is 0 Å². The predicted molar refractivity (Wildman–Crippen MR) is 117 cm³/mol. The number of aromatic amines is 1. The highest BCUT2D eigenvalue weighted by Crippen LogP contribution is 2.27. The first-order valence-corrected chi connectivity index (χ1v) is 10.6. The van der Waals surface area contributed by atoms with Gasteiger partial charge in [-0.15, -0.1) is 0 Å². The summed E-state index contributed by atoms with van der Waals surface area (Å²) in [4.78, 5) is 32.5. The Kier molecular flexibility index (Phi) is 5.11. The predicted octanol–water partition coefficient (Wildman–Crippen LogP) is 3.05. The molecule has 5 rings (SSSR count). The number of imide groups is 1. The highest BCUT2D eigenvalue weighted by atomic mass is 16.2. The molecule has 2 aromatic carbocycles. The van der Waals surface area contributed by atoms with Crippen LogP contribution in [0, 0.1) is 0 Å². The maximum Gasteiger partial charge on any atom is 0.251 e. The Bertz CT molecular complexity index is 1050. The molecule has 154 valence electrons. The van der Waals surface area contributed by atoms with Crippen molar-refractivity contribution in [1.29, 1.82) is 0 Å². The van der Waals surface area contributed by atoms with Gasteiger partial charge in [-0.05, 0) is 55.1 Å². The minimum Gasteiger partial charge on any atom is -0.361 e. The van der Waals surface area contributed by atoms with E-state index < -0.39 is 6.04 Å². The molecule has 0 bridgehead atoms. The number of aromatic nitrogens is 1. The molecule has 0 radical (unpaired) electrons. The van der Waals surface area contributed by atoms with Crippen molar-refractivity contribution in [3.63, 3.8) is 0 Å². The second-order valence-electron chi connectivity index (χ2n) is 8.28. The van der Waals surface area contributed by atoms with Crippen molar-refractivity contribution in [3.8, 4) is 0 Å². The van der Waals surface area contributed by atoms with Crippen LogP contribution in [0.1, 0.15) is 24.8 Å². The minimum absolute atomic E-state index is 0.134. The van der Waals surface area contributed by atoms with Crippen molar-refractivity contribution in [2.75, 3.05) is 18.0 Å². The number of piperidine rings is 1. The second-order valence-corrected chi connectivity index (χ2v) is 8.28. The number of likely N-dealkylation sites (tertiary alicyclic amines) is 1. The molecule has 2 aliphatic rings. The molecule has 2 saturated heterocycles. The fourth-order valence-electron chi connectivity index (χ4n) is 4.59. The van der Waals surface area contributed by atoms with Crippen LogP contribution in [0.15, 0.2) is 60.8 Å². The van der Waals surface area contributed by atoms with E-state index in [1.807, 2.05) is 36.5 Å². The van der Waals surface area contributed by atoms with Crippen molar-refractivity contribution in [1.82, 2.24) is 15.2 Å². The Morgan fingerprint density at radius 1 is 1.00 bits per heavy atom. The monoisotopic (exact) mass is 402 g/mol. The van der Waals surface area contributed by atoms with Gasteiger partial charge in [-0.3, -0.25) is 14.5 Å². The molecule has 1 atom stereocenters. The molecule has 3 heterocycles. The summed E-state index contributed by atoms with van der Waals surface area (Å²) in [6, 6.07) is 18.0. The number of nitrogens with zero attached hydrogens (tertiary/aromatic N) is 2. The van der Waals surface area contributed by atoms with Gasteiger partial charge in [0, 0.05) is 24.3 Å². The average molecular weight is 402 g/mol. The first-order chi connectivity index (χ1) is 14.7. The standard InChI is InChI=1S/C24H26N4O2/c29-23-15-22(24(30)28(23)20-7-6-18-8-11-25-21(18)14-20)26-19-9-12-27(13-10-19)16-17-4-2-1-3-5-17/h1-8,11,14,19,22,25-26H,9-10,12-13,15-16H2. The highest BCUT2D eigenvalue weighted by molar-refractivity contribution is 6.22. The number of fused-ring (bicyclic) bond motifs is 1. The highest BCUT2D eigenvalue weighted by Gasteiger charge is 2.40. The van der Waals surface area contributed by atoms with Crippen LogP contribution >= 0.6 is 0 Å². The van der Waals surface area contributed by atoms with Gasteiger partial charge in [0.2, 0.25) is 5.91 Å². The zero-order valence-electron chi connectivity index (χ0n) is 16.9. The quantitative estimate of drug-likeness (QED) is 0.644. The molecule has 2 fully saturated rings. The van der Waals surface area contributed by atoms with Crippen LogP contribution in [0.4, 0.5) is 5.69 Å². The van der Waals surface area contributed by atoms with E-state index >= 15 is 0 Å². The number of amides is 2. The number of H-pyrrole nitrogens is 1. The normalized spacial score (nSPS) is 21.1. The molecular weight excluding hydrogens is 376 g/mol. The maximum absolute atomic E-state index is 13.0.